The lowest BCUT2D eigenvalue weighted by molar-refractivity contribution is -0.118. The van der Waals surface area contributed by atoms with Crippen molar-refractivity contribution in [2.75, 3.05) is 10.6 Å². The van der Waals surface area contributed by atoms with Gasteiger partial charge in [-0.15, -0.1) is 0 Å². The van der Waals surface area contributed by atoms with Gasteiger partial charge in [0, 0.05) is 17.7 Å². The van der Waals surface area contributed by atoms with Gasteiger partial charge in [0.2, 0.25) is 0 Å². The zero-order valence-corrected chi connectivity index (χ0v) is 15.0. The van der Waals surface area contributed by atoms with Crippen LogP contribution in [0.1, 0.15) is 43.9 Å². The number of carbonyl (C=O) groups excluding carboxylic acids is 1. The van der Waals surface area contributed by atoms with Crippen molar-refractivity contribution >= 4 is 17.2 Å². The molecule has 2 aliphatic rings. The maximum Gasteiger partial charge on any atom is 0.163 e. The number of nitrogens with one attached hydrogen (secondary N) is 2. The summed E-state index contributed by atoms with van der Waals surface area (Å²) in [5, 5.41) is 7.20. The highest BCUT2D eigenvalue weighted by atomic mass is 16.1. The molecule has 2 aromatic carbocycles. The first-order chi connectivity index (χ1) is 11.9. The van der Waals surface area contributed by atoms with Crippen LogP contribution in [-0.4, -0.2) is 5.78 Å². The Hall–Kier alpha value is -2.55. The SMILES string of the molecule is Cc1ccc2c(c1)N[C@H](c1ccccc1)C1=C(CC(C)(C)CC1=O)N2. The number of hydrogen-bond donors (Lipinski definition) is 2. The Balaban J connectivity index is 1.89. The monoisotopic (exact) mass is 332 g/mol. The molecule has 2 aromatic rings. The van der Waals surface area contributed by atoms with E-state index in [-0.39, 0.29) is 17.2 Å². The summed E-state index contributed by atoms with van der Waals surface area (Å²) in [5.74, 6) is 0.240. The van der Waals surface area contributed by atoms with Gasteiger partial charge in [-0.2, -0.15) is 0 Å². The van der Waals surface area contributed by atoms with E-state index in [1.54, 1.807) is 0 Å². The summed E-state index contributed by atoms with van der Waals surface area (Å²) in [6.45, 7) is 6.43. The van der Waals surface area contributed by atoms with Crippen molar-refractivity contribution in [3.8, 4) is 0 Å². The van der Waals surface area contributed by atoms with Crippen LogP contribution in [0, 0.1) is 12.3 Å². The highest BCUT2D eigenvalue weighted by Crippen LogP contribution is 2.45. The zero-order chi connectivity index (χ0) is 17.6. The summed E-state index contributed by atoms with van der Waals surface area (Å²) in [5.41, 5.74) is 6.35. The van der Waals surface area contributed by atoms with E-state index < -0.39 is 0 Å². The van der Waals surface area contributed by atoms with E-state index in [2.05, 4.69) is 61.7 Å². The maximum absolute atomic E-state index is 13.1. The third-order valence-corrected chi connectivity index (χ3v) is 5.10. The molecule has 0 spiro atoms. The Labute approximate surface area is 149 Å². The van der Waals surface area contributed by atoms with Crippen molar-refractivity contribution in [3.63, 3.8) is 0 Å². The molecule has 0 saturated heterocycles. The number of rotatable bonds is 1. The van der Waals surface area contributed by atoms with E-state index in [1.807, 2.05) is 18.2 Å². The first-order valence-corrected chi connectivity index (χ1v) is 8.88. The summed E-state index contributed by atoms with van der Waals surface area (Å²) >= 11 is 0. The fourth-order valence-electron chi connectivity index (χ4n) is 3.95. The number of anilines is 2. The minimum absolute atomic E-state index is 0.0145. The molecular weight excluding hydrogens is 308 g/mol. The molecule has 0 saturated carbocycles. The van der Waals surface area contributed by atoms with E-state index in [9.17, 15) is 4.79 Å². The van der Waals surface area contributed by atoms with Crippen molar-refractivity contribution in [1.29, 1.82) is 0 Å². The third-order valence-electron chi connectivity index (χ3n) is 5.10. The molecule has 1 atom stereocenters. The number of Topliss-reactive ketones (excluding diaryl/α,β-unsaturated/α-hetero) is 1. The van der Waals surface area contributed by atoms with Crippen LogP contribution in [-0.2, 0) is 4.79 Å². The van der Waals surface area contributed by atoms with Crippen LogP contribution >= 0.6 is 0 Å². The molecule has 128 valence electrons. The van der Waals surface area contributed by atoms with E-state index in [4.69, 9.17) is 0 Å². The van der Waals surface area contributed by atoms with Crippen LogP contribution in [0.25, 0.3) is 0 Å². The number of ketones is 1. The molecule has 0 amide bonds. The van der Waals surface area contributed by atoms with E-state index in [1.165, 1.54) is 5.56 Å². The maximum atomic E-state index is 13.1. The molecule has 0 aromatic heterocycles. The molecule has 0 fully saturated rings. The fourth-order valence-corrected chi connectivity index (χ4v) is 3.95. The fraction of sp³-hybridized carbons (Fsp3) is 0.318. The molecule has 4 rings (SSSR count). The first kappa shape index (κ1) is 15.9. The zero-order valence-electron chi connectivity index (χ0n) is 15.0. The second-order valence-electron chi connectivity index (χ2n) is 8.00. The van der Waals surface area contributed by atoms with Crippen molar-refractivity contribution in [2.45, 2.75) is 39.7 Å². The van der Waals surface area contributed by atoms with Gasteiger partial charge in [-0.1, -0.05) is 50.2 Å². The Morgan fingerprint density at radius 3 is 2.52 bits per heavy atom. The highest BCUT2D eigenvalue weighted by Gasteiger charge is 2.38. The van der Waals surface area contributed by atoms with Crippen LogP contribution in [0.5, 0.6) is 0 Å². The number of allylic oxidation sites excluding steroid dienone is 1. The molecule has 0 radical (unpaired) electrons. The standard InChI is InChI=1S/C22H24N2O/c1-14-9-10-16-17(11-14)24-21(15-7-5-4-6-8-15)20-18(23-16)12-22(2,3)13-19(20)25/h4-11,21,23-24H,12-13H2,1-3H3/t21-/m1/s1. The van der Waals surface area contributed by atoms with Crippen molar-refractivity contribution < 1.29 is 4.79 Å². The predicted molar refractivity (Wildman–Crippen MR) is 103 cm³/mol. The van der Waals surface area contributed by atoms with Crippen molar-refractivity contribution in [1.82, 2.24) is 0 Å². The van der Waals surface area contributed by atoms with Gasteiger partial charge in [-0.3, -0.25) is 4.79 Å². The molecule has 3 heteroatoms. The largest absolute Gasteiger partial charge is 0.372 e. The van der Waals surface area contributed by atoms with Crippen molar-refractivity contribution in [2.24, 2.45) is 5.41 Å². The second kappa shape index (κ2) is 5.76. The molecule has 1 aliphatic heterocycles. The Morgan fingerprint density at radius 2 is 1.76 bits per heavy atom. The smallest absolute Gasteiger partial charge is 0.163 e. The number of aryl methyl sites for hydroxylation is 1. The Kier molecular flexibility index (Phi) is 3.68. The molecule has 1 aliphatic carbocycles. The first-order valence-electron chi connectivity index (χ1n) is 8.88. The summed E-state index contributed by atoms with van der Waals surface area (Å²) in [6, 6.07) is 16.5. The van der Waals surface area contributed by atoms with Gasteiger partial charge in [0.05, 0.1) is 17.4 Å². The van der Waals surface area contributed by atoms with Crippen LogP contribution < -0.4 is 10.6 Å². The van der Waals surface area contributed by atoms with Crippen LogP contribution in [0.15, 0.2) is 59.8 Å². The van der Waals surface area contributed by atoms with Crippen LogP contribution in [0.2, 0.25) is 0 Å². The molecule has 3 nitrogen and oxygen atoms in total. The molecule has 0 bridgehead atoms. The summed E-state index contributed by atoms with van der Waals surface area (Å²) < 4.78 is 0. The average Bonchev–Trinajstić information content (AvgIpc) is 2.70. The number of benzene rings is 2. The lowest BCUT2D eigenvalue weighted by Crippen LogP contribution is -2.31. The molecule has 25 heavy (non-hydrogen) atoms. The van der Waals surface area contributed by atoms with Gasteiger partial charge >= 0.3 is 0 Å². The van der Waals surface area contributed by atoms with Gasteiger partial charge in [0.1, 0.15) is 0 Å². The lowest BCUT2D eigenvalue weighted by atomic mass is 9.73. The van der Waals surface area contributed by atoms with Crippen LogP contribution in [0.4, 0.5) is 11.4 Å². The van der Waals surface area contributed by atoms with Crippen molar-refractivity contribution in [3.05, 3.63) is 70.9 Å². The lowest BCUT2D eigenvalue weighted by Gasteiger charge is -2.34. The van der Waals surface area contributed by atoms with Gasteiger partial charge in [-0.05, 0) is 42.0 Å². The van der Waals surface area contributed by atoms with Gasteiger partial charge < -0.3 is 10.6 Å². The summed E-state index contributed by atoms with van der Waals surface area (Å²) in [6.07, 6.45) is 1.47. The van der Waals surface area contributed by atoms with E-state index in [0.717, 1.165) is 34.6 Å². The predicted octanol–water partition coefficient (Wildman–Crippen LogP) is 5.22. The van der Waals surface area contributed by atoms with E-state index in [0.29, 0.717) is 6.42 Å². The Bertz CT molecular complexity index is 865. The molecule has 0 unspecified atom stereocenters. The second-order valence-corrected chi connectivity index (χ2v) is 8.00. The minimum Gasteiger partial charge on any atom is -0.372 e. The quantitative estimate of drug-likeness (QED) is 0.752. The number of carbonyl (C=O) groups is 1. The third kappa shape index (κ3) is 2.95. The van der Waals surface area contributed by atoms with Gasteiger partial charge in [-0.25, -0.2) is 0 Å². The Morgan fingerprint density at radius 1 is 1.00 bits per heavy atom. The number of fused-ring (bicyclic) bond motifs is 1. The molecule has 2 N–H and O–H groups in total. The van der Waals surface area contributed by atoms with Crippen LogP contribution in [0.3, 0.4) is 0 Å². The minimum atomic E-state index is -0.115. The normalized spacial score (nSPS) is 21.6. The average molecular weight is 332 g/mol. The highest BCUT2D eigenvalue weighted by molar-refractivity contribution is 6.01. The molecular formula is C22H24N2O. The number of hydrogen-bond acceptors (Lipinski definition) is 3. The topological polar surface area (TPSA) is 41.1 Å². The summed E-state index contributed by atoms with van der Waals surface area (Å²) in [4.78, 5) is 13.1. The van der Waals surface area contributed by atoms with Gasteiger partial charge in [0.15, 0.2) is 5.78 Å². The summed E-state index contributed by atoms with van der Waals surface area (Å²) in [7, 11) is 0. The van der Waals surface area contributed by atoms with E-state index >= 15 is 0 Å². The molecule has 1 heterocycles. The van der Waals surface area contributed by atoms with Gasteiger partial charge in [0.25, 0.3) is 0 Å².